The number of thiazole rings is 1. The predicted octanol–water partition coefficient (Wildman–Crippen LogP) is 3.18. The second-order valence-corrected chi connectivity index (χ2v) is 12.3. The molecule has 2 aromatic heterocycles. The first-order valence-electron chi connectivity index (χ1n) is 10.9. The molecule has 0 N–H and O–H groups in total. The molecule has 1 atom stereocenters. The fourth-order valence-corrected chi connectivity index (χ4v) is 8.40. The Balaban J connectivity index is 1.29. The van der Waals surface area contributed by atoms with Crippen molar-refractivity contribution >= 4 is 54.0 Å². The Labute approximate surface area is 201 Å². The highest BCUT2D eigenvalue weighted by atomic mass is 32.2. The third kappa shape index (κ3) is 4.01. The van der Waals surface area contributed by atoms with Crippen molar-refractivity contribution in [1.29, 1.82) is 0 Å². The van der Waals surface area contributed by atoms with Gasteiger partial charge in [0.15, 0.2) is 5.13 Å². The Morgan fingerprint density at radius 1 is 1.15 bits per heavy atom. The van der Waals surface area contributed by atoms with E-state index in [0.29, 0.717) is 49.8 Å². The van der Waals surface area contributed by atoms with Gasteiger partial charge >= 0.3 is 0 Å². The predicted molar refractivity (Wildman–Crippen MR) is 131 cm³/mol. The molecule has 1 amide bonds. The fraction of sp³-hybridized carbons (Fsp3) is 0.455. The number of benzene rings is 1. The van der Waals surface area contributed by atoms with Crippen LogP contribution in [0.4, 0.5) is 5.13 Å². The number of anilines is 1. The summed E-state index contributed by atoms with van der Waals surface area (Å²) in [6, 6.07) is 6.70. The second kappa shape index (κ2) is 8.86. The summed E-state index contributed by atoms with van der Waals surface area (Å²) in [5, 5.41) is 2.67. The summed E-state index contributed by atoms with van der Waals surface area (Å²) in [5.41, 5.74) is 2.04. The molecule has 2 saturated heterocycles. The number of methoxy groups -OCH3 is 1. The molecule has 0 radical (unpaired) electrons. The molecular formula is C22H26N4O4S3. The Kier molecular flexibility index (Phi) is 6.06. The number of thiophene rings is 1. The number of hydrogen-bond donors (Lipinski definition) is 0. The molecule has 2 aliphatic heterocycles. The number of aromatic nitrogens is 1. The van der Waals surface area contributed by atoms with Gasteiger partial charge in [0, 0.05) is 32.7 Å². The number of amides is 1. The minimum absolute atomic E-state index is 0.0888. The molecule has 0 unspecified atom stereocenters. The number of sulfonamides is 1. The Morgan fingerprint density at radius 2 is 1.94 bits per heavy atom. The highest BCUT2D eigenvalue weighted by Crippen LogP contribution is 2.37. The molecule has 0 spiro atoms. The highest BCUT2D eigenvalue weighted by molar-refractivity contribution is 7.91. The van der Waals surface area contributed by atoms with E-state index >= 15 is 0 Å². The van der Waals surface area contributed by atoms with Crippen molar-refractivity contribution < 1.29 is 17.9 Å². The maximum absolute atomic E-state index is 13.3. The topological polar surface area (TPSA) is 83.0 Å². The van der Waals surface area contributed by atoms with E-state index in [4.69, 9.17) is 9.72 Å². The van der Waals surface area contributed by atoms with Crippen molar-refractivity contribution in [1.82, 2.24) is 14.2 Å². The lowest BCUT2D eigenvalue weighted by atomic mass is 10.2. The van der Waals surface area contributed by atoms with Gasteiger partial charge in [0.25, 0.3) is 10.0 Å². The van der Waals surface area contributed by atoms with Crippen LogP contribution in [-0.4, -0.2) is 74.4 Å². The van der Waals surface area contributed by atoms with Crippen molar-refractivity contribution in [3.05, 3.63) is 35.2 Å². The zero-order valence-electron chi connectivity index (χ0n) is 18.6. The van der Waals surface area contributed by atoms with Gasteiger partial charge in [0.1, 0.15) is 21.5 Å². The van der Waals surface area contributed by atoms with Gasteiger partial charge in [-0.3, -0.25) is 4.79 Å². The van der Waals surface area contributed by atoms with Gasteiger partial charge in [-0.05, 0) is 42.8 Å². The molecule has 3 aromatic rings. The van der Waals surface area contributed by atoms with Gasteiger partial charge in [-0.25, -0.2) is 13.4 Å². The van der Waals surface area contributed by atoms with Crippen molar-refractivity contribution in [2.45, 2.75) is 30.0 Å². The molecular weight excluding hydrogens is 480 g/mol. The summed E-state index contributed by atoms with van der Waals surface area (Å²) in [6.07, 6.45) is 1.27. The third-order valence-electron chi connectivity index (χ3n) is 6.32. The first-order valence-corrected chi connectivity index (χ1v) is 14.1. The van der Waals surface area contributed by atoms with E-state index in [0.717, 1.165) is 26.7 Å². The first kappa shape index (κ1) is 22.6. The van der Waals surface area contributed by atoms with Crippen molar-refractivity contribution in [3.63, 3.8) is 0 Å². The smallest absolute Gasteiger partial charge is 0.253 e. The van der Waals surface area contributed by atoms with Gasteiger partial charge in [0.2, 0.25) is 5.91 Å². The molecule has 2 aliphatic rings. The van der Waals surface area contributed by atoms with Crippen molar-refractivity contribution in [3.8, 4) is 5.75 Å². The van der Waals surface area contributed by atoms with Crippen LogP contribution in [0, 0.1) is 6.92 Å². The van der Waals surface area contributed by atoms with E-state index in [1.165, 1.54) is 15.6 Å². The largest absolute Gasteiger partial charge is 0.494 e. The standard InChI is InChI=1S/C22H26N4O4S3/c1-15-7-8-17(30-2)19-20(15)32-22(23-19)25-12-10-24(11-13-25)21(27)16-5-3-9-26(16)33(28,29)18-6-4-14-31-18/h4,6-8,14,16H,3,5,9-13H2,1-2H3/t16-/m1/s1. The van der Waals surface area contributed by atoms with Gasteiger partial charge in [-0.15, -0.1) is 11.3 Å². The zero-order chi connectivity index (χ0) is 23.2. The van der Waals surface area contributed by atoms with Crippen LogP contribution < -0.4 is 9.64 Å². The van der Waals surface area contributed by atoms with Crippen LogP contribution in [0.1, 0.15) is 18.4 Å². The van der Waals surface area contributed by atoms with Gasteiger partial charge in [-0.1, -0.05) is 23.5 Å². The maximum atomic E-state index is 13.3. The minimum atomic E-state index is -3.63. The normalized spacial score (nSPS) is 20.0. The number of piperazine rings is 1. The van der Waals surface area contributed by atoms with Crippen LogP contribution in [0.15, 0.2) is 33.9 Å². The van der Waals surface area contributed by atoms with Crippen LogP contribution in [0.2, 0.25) is 0 Å². The van der Waals surface area contributed by atoms with Crippen molar-refractivity contribution in [2.75, 3.05) is 44.7 Å². The second-order valence-electron chi connectivity index (χ2n) is 8.28. The molecule has 2 fully saturated rings. The summed E-state index contributed by atoms with van der Waals surface area (Å²) >= 11 is 2.84. The molecule has 8 nitrogen and oxygen atoms in total. The van der Waals surface area contributed by atoms with Crippen molar-refractivity contribution in [2.24, 2.45) is 0 Å². The van der Waals surface area contributed by atoms with Crippen LogP contribution in [-0.2, 0) is 14.8 Å². The van der Waals surface area contributed by atoms with Crippen LogP contribution in [0.5, 0.6) is 5.75 Å². The quantitative estimate of drug-likeness (QED) is 0.529. The molecule has 0 bridgehead atoms. The number of hydrogen-bond acceptors (Lipinski definition) is 8. The lowest BCUT2D eigenvalue weighted by molar-refractivity contribution is -0.134. The van der Waals surface area contributed by atoms with E-state index in [-0.39, 0.29) is 5.91 Å². The molecule has 1 aromatic carbocycles. The average molecular weight is 507 g/mol. The van der Waals surface area contributed by atoms with Gasteiger partial charge in [-0.2, -0.15) is 4.31 Å². The zero-order valence-corrected chi connectivity index (χ0v) is 21.0. The van der Waals surface area contributed by atoms with Crippen LogP contribution in [0.25, 0.3) is 10.2 Å². The summed E-state index contributed by atoms with van der Waals surface area (Å²) < 4.78 is 34.4. The molecule has 0 aliphatic carbocycles. The van der Waals surface area contributed by atoms with Gasteiger partial charge < -0.3 is 14.5 Å². The van der Waals surface area contributed by atoms with E-state index in [2.05, 4.69) is 11.8 Å². The third-order valence-corrected chi connectivity index (χ3v) is 10.9. The average Bonchev–Trinajstić information content (AvgIpc) is 3.60. The number of fused-ring (bicyclic) bond motifs is 1. The molecule has 4 heterocycles. The number of aryl methyl sites for hydroxylation is 1. The maximum Gasteiger partial charge on any atom is 0.253 e. The van der Waals surface area contributed by atoms with Crippen LogP contribution >= 0.6 is 22.7 Å². The molecule has 33 heavy (non-hydrogen) atoms. The molecule has 176 valence electrons. The highest BCUT2D eigenvalue weighted by Gasteiger charge is 2.42. The number of nitrogens with zero attached hydrogens (tertiary/aromatic N) is 4. The van der Waals surface area contributed by atoms with E-state index in [1.54, 1.807) is 36.0 Å². The number of carbonyl (C=O) groups excluding carboxylic acids is 1. The summed E-state index contributed by atoms with van der Waals surface area (Å²) in [4.78, 5) is 22.1. The summed E-state index contributed by atoms with van der Waals surface area (Å²) in [5.74, 6) is 0.675. The van der Waals surface area contributed by atoms with E-state index in [1.807, 2.05) is 17.0 Å². The SMILES string of the molecule is COc1ccc(C)c2sc(N3CCN(C(=O)[C@H]4CCCN4S(=O)(=O)c4cccs4)CC3)nc12. The summed E-state index contributed by atoms with van der Waals surface area (Å²) in [6.45, 7) is 4.89. The Morgan fingerprint density at radius 3 is 2.64 bits per heavy atom. The Bertz CT molecular complexity index is 1260. The fourth-order valence-electron chi connectivity index (χ4n) is 4.53. The molecule has 0 saturated carbocycles. The summed E-state index contributed by atoms with van der Waals surface area (Å²) in [7, 11) is -1.98. The minimum Gasteiger partial charge on any atom is -0.494 e. The van der Waals surface area contributed by atoms with Crippen LogP contribution in [0.3, 0.4) is 0 Å². The first-order chi connectivity index (χ1) is 15.9. The van der Waals surface area contributed by atoms with Gasteiger partial charge in [0.05, 0.1) is 11.8 Å². The lowest BCUT2D eigenvalue weighted by Crippen LogP contribution is -2.54. The number of rotatable bonds is 5. The number of ether oxygens (including phenoxy) is 1. The Hall–Kier alpha value is -2.21. The number of carbonyl (C=O) groups is 1. The van der Waals surface area contributed by atoms with E-state index < -0.39 is 16.1 Å². The monoisotopic (exact) mass is 506 g/mol. The molecule has 5 rings (SSSR count). The van der Waals surface area contributed by atoms with E-state index in [9.17, 15) is 13.2 Å². The lowest BCUT2D eigenvalue weighted by Gasteiger charge is -2.37. The molecule has 11 heteroatoms.